The molecular formula is C18H22N8O2. The number of likely N-dealkylation sites (tertiary alicyclic amines) is 1. The van der Waals surface area contributed by atoms with E-state index in [1.165, 1.54) is 13.4 Å². The van der Waals surface area contributed by atoms with Crippen molar-refractivity contribution in [2.24, 2.45) is 7.05 Å². The standard InChI is InChI=1S/C18H22N8O2/c1-24-15(10-26-12-19-11-21-26)22-23-16(24)13-5-8-25(9-6-13)18(27)14-4-3-7-20-17(14)28-2/h3-4,7,11-13H,5-6,8-10H2,1-2H3. The van der Waals surface area contributed by atoms with Gasteiger partial charge in [-0.05, 0) is 25.0 Å². The summed E-state index contributed by atoms with van der Waals surface area (Å²) in [5.74, 6) is 2.36. The van der Waals surface area contributed by atoms with Gasteiger partial charge in [0.05, 0.1) is 7.11 Å². The average molecular weight is 382 g/mol. The van der Waals surface area contributed by atoms with E-state index in [0.29, 0.717) is 31.1 Å². The van der Waals surface area contributed by atoms with Gasteiger partial charge in [0.25, 0.3) is 5.91 Å². The topological polar surface area (TPSA) is 104 Å². The van der Waals surface area contributed by atoms with Crippen LogP contribution in [-0.2, 0) is 13.6 Å². The molecule has 0 aliphatic carbocycles. The lowest BCUT2D eigenvalue weighted by atomic mass is 9.95. The SMILES string of the molecule is COc1ncccc1C(=O)N1CCC(c2nnc(Cn3cncn3)n2C)CC1. The average Bonchev–Trinajstić information content (AvgIpc) is 3.38. The van der Waals surface area contributed by atoms with E-state index in [1.54, 1.807) is 29.3 Å². The van der Waals surface area contributed by atoms with E-state index < -0.39 is 0 Å². The molecule has 0 N–H and O–H groups in total. The normalized spacial score (nSPS) is 15.0. The molecule has 1 aliphatic heterocycles. The molecule has 10 heteroatoms. The third kappa shape index (κ3) is 3.45. The van der Waals surface area contributed by atoms with Gasteiger partial charge in [-0.3, -0.25) is 4.79 Å². The number of methoxy groups -OCH3 is 1. The molecule has 1 aliphatic rings. The number of hydrogen-bond donors (Lipinski definition) is 0. The molecule has 0 aromatic carbocycles. The van der Waals surface area contributed by atoms with Crippen LogP contribution in [0.25, 0.3) is 0 Å². The Bertz CT molecular complexity index is 944. The molecule has 1 amide bonds. The van der Waals surface area contributed by atoms with Gasteiger partial charge < -0.3 is 14.2 Å². The predicted octanol–water partition coefficient (Wildman–Crippen LogP) is 0.878. The molecule has 0 saturated carbocycles. The zero-order valence-electron chi connectivity index (χ0n) is 15.9. The van der Waals surface area contributed by atoms with E-state index in [-0.39, 0.29) is 11.8 Å². The number of amides is 1. The van der Waals surface area contributed by atoms with Crippen molar-refractivity contribution in [2.75, 3.05) is 20.2 Å². The number of nitrogens with zero attached hydrogens (tertiary/aromatic N) is 8. The molecule has 0 bridgehead atoms. The summed E-state index contributed by atoms with van der Waals surface area (Å²) in [5, 5.41) is 12.8. The zero-order valence-corrected chi connectivity index (χ0v) is 15.9. The number of pyridine rings is 1. The minimum atomic E-state index is -0.0479. The van der Waals surface area contributed by atoms with Crippen LogP contribution in [0.2, 0.25) is 0 Å². The van der Waals surface area contributed by atoms with E-state index in [2.05, 4.69) is 25.3 Å². The van der Waals surface area contributed by atoms with Gasteiger partial charge in [-0.15, -0.1) is 10.2 Å². The molecule has 3 aromatic heterocycles. The predicted molar refractivity (Wildman–Crippen MR) is 98.8 cm³/mol. The molecule has 3 aromatic rings. The van der Waals surface area contributed by atoms with Crippen LogP contribution < -0.4 is 4.74 Å². The molecule has 4 rings (SSSR count). The van der Waals surface area contributed by atoms with Crippen LogP contribution in [0.5, 0.6) is 5.88 Å². The first-order valence-corrected chi connectivity index (χ1v) is 9.16. The van der Waals surface area contributed by atoms with Crippen molar-refractivity contribution in [2.45, 2.75) is 25.3 Å². The Balaban J connectivity index is 1.42. The molecule has 146 valence electrons. The van der Waals surface area contributed by atoms with Crippen LogP contribution in [-0.4, -0.2) is 65.5 Å². The van der Waals surface area contributed by atoms with Gasteiger partial charge >= 0.3 is 0 Å². The molecule has 4 heterocycles. The number of carbonyl (C=O) groups is 1. The molecule has 28 heavy (non-hydrogen) atoms. The van der Waals surface area contributed by atoms with Crippen molar-refractivity contribution in [3.63, 3.8) is 0 Å². The fourth-order valence-electron chi connectivity index (χ4n) is 3.56. The van der Waals surface area contributed by atoms with Gasteiger partial charge in [-0.25, -0.2) is 14.6 Å². The summed E-state index contributed by atoms with van der Waals surface area (Å²) in [4.78, 5) is 22.7. The van der Waals surface area contributed by atoms with Crippen molar-refractivity contribution < 1.29 is 9.53 Å². The Kier molecular flexibility index (Phi) is 5.00. The molecule has 0 spiro atoms. The van der Waals surface area contributed by atoms with E-state index >= 15 is 0 Å². The number of rotatable bonds is 5. The summed E-state index contributed by atoms with van der Waals surface area (Å²) in [5.41, 5.74) is 0.497. The molecular weight excluding hydrogens is 360 g/mol. The Morgan fingerprint density at radius 3 is 2.82 bits per heavy atom. The summed E-state index contributed by atoms with van der Waals surface area (Å²) in [6.45, 7) is 1.85. The lowest BCUT2D eigenvalue weighted by Crippen LogP contribution is -2.38. The summed E-state index contributed by atoms with van der Waals surface area (Å²) in [6.07, 6.45) is 6.45. The van der Waals surface area contributed by atoms with E-state index in [9.17, 15) is 4.79 Å². The third-order valence-corrected chi connectivity index (χ3v) is 5.11. The molecule has 0 radical (unpaired) electrons. The van der Waals surface area contributed by atoms with Crippen molar-refractivity contribution in [3.05, 3.63) is 48.2 Å². The molecule has 1 saturated heterocycles. The number of aromatic nitrogens is 7. The first kappa shape index (κ1) is 18.1. The van der Waals surface area contributed by atoms with Crippen molar-refractivity contribution in [3.8, 4) is 5.88 Å². The van der Waals surface area contributed by atoms with Gasteiger partial charge in [0.15, 0.2) is 5.82 Å². The number of carbonyl (C=O) groups excluding carboxylic acids is 1. The van der Waals surface area contributed by atoms with E-state index in [0.717, 1.165) is 24.5 Å². The summed E-state index contributed by atoms with van der Waals surface area (Å²) in [6, 6.07) is 3.50. The van der Waals surface area contributed by atoms with Gasteiger partial charge in [0, 0.05) is 32.3 Å². The van der Waals surface area contributed by atoms with Gasteiger partial charge in [0.1, 0.15) is 30.6 Å². The van der Waals surface area contributed by atoms with Crippen LogP contribution in [0.15, 0.2) is 31.0 Å². The quantitative estimate of drug-likeness (QED) is 0.645. The first-order valence-electron chi connectivity index (χ1n) is 9.16. The highest BCUT2D eigenvalue weighted by Gasteiger charge is 2.29. The Hall–Kier alpha value is -3.30. The minimum absolute atomic E-state index is 0.0479. The van der Waals surface area contributed by atoms with Crippen LogP contribution >= 0.6 is 0 Å². The van der Waals surface area contributed by atoms with Gasteiger partial charge in [-0.1, -0.05) is 0 Å². The second-order valence-electron chi connectivity index (χ2n) is 6.75. The highest BCUT2D eigenvalue weighted by atomic mass is 16.5. The Morgan fingerprint density at radius 2 is 2.11 bits per heavy atom. The lowest BCUT2D eigenvalue weighted by Gasteiger charge is -2.31. The van der Waals surface area contributed by atoms with Crippen molar-refractivity contribution in [1.82, 2.24) is 39.4 Å². The highest BCUT2D eigenvalue weighted by Crippen LogP contribution is 2.28. The second-order valence-corrected chi connectivity index (χ2v) is 6.75. The van der Waals surface area contributed by atoms with Crippen molar-refractivity contribution in [1.29, 1.82) is 0 Å². The maximum atomic E-state index is 12.8. The number of piperidine rings is 1. The van der Waals surface area contributed by atoms with Crippen LogP contribution in [0.3, 0.4) is 0 Å². The lowest BCUT2D eigenvalue weighted by molar-refractivity contribution is 0.0706. The van der Waals surface area contributed by atoms with E-state index in [1.807, 2.05) is 16.5 Å². The highest BCUT2D eigenvalue weighted by molar-refractivity contribution is 5.96. The zero-order chi connectivity index (χ0) is 19.5. The molecule has 1 fully saturated rings. The fourth-order valence-corrected chi connectivity index (χ4v) is 3.56. The number of ether oxygens (including phenoxy) is 1. The molecule has 0 atom stereocenters. The molecule has 0 unspecified atom stereocenters. The summed E-state index contributed by atoms with van der Waals surface area (Å²) in [7, 11) is 3.50. The van der Waals surface area contributed by atoms with Crippen molar-refractivity contribution >= 4 is 5.91 Å². The Labute approximate surface area is 162 Å². The Morgan fingerprint density at radius 1 is 1.29 bits per heavy atom. The maximum Gasteiger partial charge on any atom is 0.259 e. The second kappa shape index (κ2) is 7.75. The van der Waals surface area contributed by atoms with Crippen LogP contribution in [0.4, 0.5) is 0 Å². The van der Waals surface area contributed by atoms with Gasteiger partial charge in [0.2, 0.25) is 5.88 Å². The fraction of sp³-hybridized carbons (Fsp3) is 0.444. The minimum Gasteiger partial charge on any atom is -0.480 e. The summed E-state index contributed by atoms with van der Waals surface area (Å²) >= 11 is 0. The molecule has 10 nitrogen and oxygen atoms in total. The number of hydrogen-bond acceptors (Lipinski definition) is 7. The van der Waals surface area contributed by atoms with Crippen LogP contribution in [0.1, 0.15) is 40.8 Å². The van der Waals surface area contributed by atoms with Crippen LogP contribution in [0, 0.1) is 0 Å². The maximum absolute atomic E-state index is 12.8. The van der Waals surface area contributed by atoms with E-state index in [4.69, 9.17) is 4.74 Å². The van der Waals surface area contributed by atoms with Gasteiger partial charge in [-0.2, -0.15) is 5.10 Å². The largest absolute Gasteiger partial charge is 0.480 e. The smallest absolute Gasteiger partial charge is 0.259 e. The summed E-state index contributed by atoms with van der Waals surface area (Å²) < 4.78 is 8.96. The monoisotopic (exact) mass is 382 g/mol. The first-order chi connectivity index (χ1) is 13.7. The third-order valence-electron chi connectivity index (χ3n) is 5.11.